The highest BCUT2D eigenvalue weighted by atomic mass is 14.5. The molecule has 0 aromatic carbocycles. The van der Waals surface area contributed by atoms with Crippen molar-refractivity contribution in [2.75, 3.05) is 0 Å². The molecule has 1 unspecified atom stereocenters. The lowest BCUT2D eigenvalue weighted by Crippen LogP contribution is -2.25. The van der Waals surface area contributed by atoms with E-state index in [0.717, 1.165) is 12.3 Å². The monoisotopic (exact) mass is 216 g/mol. The van der Waals surface area contributed by atoms with E-state index >= 15 is 0 Å². The van der Waals surface area contributed by atoms with Crippen molar-refractivity contribution in [3.8, 4) is 12.3 Å². The Kier molecular flexibility index (Phi) is 3.68. The van der Waals surface area contributed by atoms with Crippen LogP contribution in [0.3, 0.4) is 0 Å². The van der Waals surface area contributed by atoms with E-state index in [1.54, 1.807) is 5.57 Å². The first kappa shape index (κ1) is 13.1. The summed E-state index contributed by atoms with van der Waals surface area (Å²) in [5, 5.41) is 0. The fourth-order valence-electron chi connectivity index (χ4n) is 3.43. The minimum Gasteiger partial charge on any atom is -0.115 e. The zero-order valence-corrected chi connectivity index (χ0v) is 10.1. The van der Waals surface area contributed by atoms with Crippen LogP contribution in [0.2, 0.25) is 0 Å². The Hall–Kier alpha value is -0.960. The average Bonchev–Trinajstić information content (AvgIpc) is 2.41. The zero-order valence-electron chi connectivity index (χ0n) is 10.1. The van der Waals surface area contributed by atoms with Crippen LogP contribution in [0, 0.1) is 23.7 Å². The van der Waals surface area contributed by atoms with E-state index in [1.165, 1.54) is 30.4 Å². The van der Waals surface area contributed by atoms with Crippen molar-refractivity contribution in [1.82, 2.24) is 0 Å². The summed E-state index contributed by atoms with van der Waals surface area (Å²) in [5.41, 5.74) is 4.68. The SMILES string of the molecule is C.C#CC1=CCCC2(C(C)C)CCC1=C2C. The maximum atomic E-state index is 5.59. The lowest BCUT2D eigenvalue weighted by atomic mass is 9.69. The summed E-state index contributed by atoms with van der Waals surface area (Å²) in [6.45, 7) is 7.01. The molecule has 2 aliphatic carbocycles. The van der Waals surface area contributed by atoms with E-state index in [4.69, 9.17) is 6.42 Å². The van der Waals surface area contributed by atoms with Crippen LogP contribution in [0.1, 0.15) is 53.9 Å². The molecule has 1 atom stereocenters. The number of terminal acetylenes is 1. The van der Waals surface area contributed by atoms with Gasteiger partial charge in [0.25, 0.3) is 0 Å². The van der Waals surface area contributed by atoms with Crippen LogP contribution in [0.25, 0.3) is 0 Å². The van der Waals surface area contributed by atoms with E-state index in [2.05, 4.69) is 32.8 Å². The minimum absolute atomic E-state index is 0. The summed E-state index contributed by atoms with van der Waals surface area (Å²) in [7, 11) is 0. The fraction of sp³-hybridized carbons (Fsp3) is 0.625. The van der Waals surface area contributed by atoms with Crippen molar-refractivity contribution >= 4 is 0 Å². The summed E-state index contributed by atoms with van der Waals surface area (Å²) >= 11 is 0. The molecule has 0 nitrogen and oxygen atoms in total. The number of allylic oxidation sites excluding steroid dienone is 4. The number of rotatable bonds is 1. The molecule has 0 fully saturated rings. The van der Waals surface area contributed by atoms with Crippen molar-refractivity contribution in [3.05, 3.63) is 22.8 Å². The first-order chi connectivity index (χ1) is 7.12. The summed E-state index contributed by atoms with van der Waals surface area (Å²) in [4.78, 5) is 0. The second kappa shape index (κ2) is 4.50. The van der Waals surface area contributed by atoms with Crippen LogP contribution >= 0.6 is 0 Å². The maximum Gasteiger partial charge on any atom is 0.0234 e. The largest absolute Gasteiger partial charge is 0.115 e. The molecule has 88 valence electrons. The minimum atomic E-state index is 0. The van der Waals surface area contributed by atoms with E-state index < -0.39 is 0 Å². The topological polar surface area (TPSA) is 0 Å². The highest BCUT2D eigenvalue weighted by Crippen LogP contribution is 2.54. The molecule has 2 aliphatic rings. The van der Waals surface area contributed by atoms with Gasteiger partial charge in [-0.25, -0.2) is 0 Å². The van der Waals surface area contributed by atoms with Crippen LogP contribution in [0.5, 0.6) is 0 Å². The third-order valence-electron chi connectivity index (χ3n) is 4.55. The van der Waals surface area contributed by atoms with Crippen molar-refractivity contribution in [3.63, 3.8) is 0 Å². The first-order valence-electron chi connectivity index (χ1n) is 5.99. The molecule has 0 radical (unpaired) electrons. The average molecular weight is 216 g/mol. The zero-order chi connectivity index (χ0) is 11.1. The normalized spacial score (nSPS) is 28.3. The molecule has 0 aliphatic heterocycles. The van der Waals surface area contributed by atoms with Gasteiger partial charge in [-0.3, -0.25) is 0 Å². The highest BCUT2D eigenvalue weighted by molar-refractivity contribution is 5.51. The van der Waals surface area contributed by atoms with Gasteiger partial charge < -0.3 is 0 Å². The highest BCUT2D eigenvalue weighted by Gasteiger charge is 2.41. The first-order valence-corrected chi connectivity index (χ1v) is 5.99. The van der Waals surface area contributed by atoms with Gasteiger partial charge in [0, 0.05) is 5.57 Å². The van der Waals surface area contributed by atoms with Crippen LogP contribution < -0.4 is 0 Å². The smallest absolute Gasteiger partial charge is 0.0234 e. The second-order valence-corrected chi connectivity index (χ2v) is 5.22. The molecule has 0 aromatic rings. The van der Waals surface area contributed by atoms with Gasteiger partial charge in [0.15, 0.2) is 0 Å². The molecule has 2 bridgehead atoms. The fourth-order valence-corrected chi connectivity index (χ4v) is 3.43. The van der Waals surface area contributed by atoms with E-state index in [0.29, 0.717) is 5.41 Å². The molecule has 16 heavy (non-hydrogen) atoms. The van der Waals surface area contributed by atoms with Crippen molar-refractivity contribution in [2.45, 2.75) is 53.9 Å². The molecular weight excluding hydrogens is 192 g/mol. The van der Waals surface area contributed by atoms with Crippen LogP contribution in [0.15, 0.2) is 22.8 Å². The van der Waals surface area contributed by atoms with Gasteiger partial charge in [0.2, 0.25) is 0 Å². The lowest BCUT2D eigenvalue weighted by molar-refractivity contribution is 0.225. The Labute approximate surface area is 101 Å². The molecule has 0 heterocycles. The molecule has 0 heteroatoms. The molecule has 0 amide bonds. The predicted octanol–water partition coefficient (Wildman–Crippen LogP) is 4.73. The van der Waals surface area contributed by atoms with E-state index in [1.807, 2.05) is 0 Å². The molecule has 0 aromatic heterocycles. The number of hydrogen-bond donors (Lipinski definition) is 0. The van der Waals surface area contributed by atoms with Crippen molar-refractivity contribution < 1.29 is 0 Å². The third-order valence-corrected chi connectivity index (χ3v) is 4.55. The standard InChI is InChI=1S/C15H20.CH4/c1-5-13-7-6-9-15(11(2)3)10-8-14(13)12(15)4;/h1,7,11H,6,8-10H2,2-4H3;1H4. The lowest BCUT2D eigenvalue weighted by Gasteiger charge is -2.35. The quantitative estimate of drug-likeness (QED) is 0.556. The Bertz CT molecular complexity index is 373. The molecule has 0 saturated heterocycles. The van der Waals surface area contributed by atoms with Gasteiger partial charge in [0.1, 0.15) is 0 Å². The number of fused-ring (bicyclic) bond motifs is 1. The van der Waals surface area contributed by atoms with Gasteiger partial charge in [-0.05, 0) is 49.5 Å². The van der Waals surface area contributed by atoms with Crippen LogP contribution in [0.4, 0.5) is 0 Å². The summed E-state index contributed by atoms with van der Waals surface area (Å²) in [6, 6.07) is 0. The van der Waals surface area contributed by atoms with Crippen LogP contribution in [-0.4, -0.2) is 0 Å². The second-order valence-electron chi connectivity index (χ2n) is 5.22. The predicted molar refractivity (Wildman–Crippen MR) is 72.1 cm³/mol. The summed E-state index contributed by atoms with van der Waals surface area (Å²) < 4.78 is 0. The molecule has 2 rings (SSSR count). The summed E-state index contributed by atoms with van der Waals surface area (Å²) in [5.74, 6) is 3.60. The van der Waals surface area contributed by atoms with E-state index in [9.17, 15) is 0 Å². The Morgan fingerprint density at radius 2 is 2.06 bits per heavy atom. The third kappa shape index (κ3) is 1.63. The Morgan fingerprint density at radius 3 is 2.62 bits per heavy atom. The van der Waals surface area contributed by atoms with Crippen molar-refractivity contribution in [2.24, 2.45) is 11.3 Å². The van der Waals surface area contributed by atoms with Gasteiger partial charge in [-0.15, -0.1) is 6.42 Å². The Morgan fingerprint density at radius 1 is 1.38 bits per heavy atom. The van der Waals surface area contributed by atoms with E-state index in [-0.39, 0.29) is 7.43 Å². The van der Waals surface area contributed by atoms with Crippen molar-refractivity contribution in [1.29, 1.82) is 0 Å². The van der Waals surface area contributed by atoms with Gasteiger partial charge in [-0.2, -0.15) is 0 Å². The number of hydrogen-bond acceptors (Lipinski definition) is 0. The van der Waals surface area contributed by atoms with Gasteiger partial charge >= 0.3 is 0 Å². The molecule has 0 N–H and O–H groups in total. The molecular formula is C16H24. The van der Waals surface area contributed by atoms with Crippen LogP contribution in [-0.2, 0) is 0 Å². The van der Waals surface area contributed by atoms with Gasteiger partial charge in [-0.1, -0.05) is 38.8 Å². The Balaban J connectivity index is 0.00000128. The maximum absolute atomic E-state index is 5.59. The van der Waals surface area contributed by atoms with Gasteiger partial charge in [0.05, 0.1) is 0 Å². The summed E-state index contributed by atoms with van der Waals surface area (Å²) in [6.07, 6.45) is 12.8. The molecule has 0 spiro atoms. The molecule has 0 saturated carbocycles.